The van der Waals surface area contributed by atoms with E-state index in [1.54, 1.807) is 0 Å². The van der Waals surface area contributed by atoms with Crippen LogP contribution >= 0.6 is 0 Å². The van der Waals surface area contributed by atoms with Gasteiger partial charge in [0, 0.05) is 16.7 Å². The molecule has 1 heterocycles. The van der Waals surface area contributed by atoms with Gasteiger partial charge in [-0.1, -0.05) is 170 Å². The molecule has 0 radical (unpaired) electrons. The molecule has 1 atom stereocenters. The van der Waals surface area contributed by atoms with E-state index in [-0.39, 0.29) is 0 Å². The summed E-state index contributed by atoms with van der Waals surface area (Å²) in [4.78, 5) is 10.4. The lowest BCUT2D eigenvalue weighted by Gasteiger charge is -2.31. The Bertz CT molecular complexity index is 3140. The lowest BCUT2D eigenvalue weighted by molar-refractivity contribution is 0.795. The maximum Gasteiger partial charge on any atom is 0.160 e. The summed E-state index contributed by atoms with van der Waals surface area (Å²) in [7, 11) is 0. The number of aromatic nitrogens is 2. The van der Waals surface area contributed by atoms with Crippen LogP contribution in [0, 0.1) is 0 Å². The first-order valence-corrected chi connectivity index (χ1v) is 19.0. The second kappa shape index (κ2) is 11.4. The number of hydrogen-bond donors (Lipinski definition) is 0. The van der Waals surface area contributed by atoms with Gasteiger partial charge in [0.25, 0.3) is 0 Å². The highest BCUT2D eigenvalue weighted by molar-refractivity contribution is 6.26. The third-order valence-electron chi connectivity index (χ3n) is 12.1. The van der Waals surface area contributed by atoms with E-state index < -0.39 is 5.41 Å². The third kappa shape index (κ3) is 4.19. The van der Waals surface area contributed by atoms with Gasteiger partial charge in [0.15, 0.2) is 5.82 Å². The summed E-state index contributed by atoms with van der Waals surface area (Å²) < 4.78 is 0. The van der Waals surface area contributed by atoms with Gasteiger partial charge in [0.1, 0.15) is 0 Å². The van der Waals surface area contributed by atoms with Gasteiger partial charge < -0.3 is 0 Å². The summed E-state index contributed by atoms with van der Waals surface area (Å²) in [6, 6.07) is 70.8. The minimum atomic E-state index is -0.473. The molecule has 12 rings (SSSR count). The smallest absolute Gasteiger partial charge is 0.160 e. The van der Waals surface area contributed by atoms with Crippen LogP contribution in [0.1, 0.15) is 22.3 Å². The zero-order valence-electron chi connectivity index (χ0n) is 29.9. The van der Waals surface area contributed by atoms with Crippen molar-refractivity contribution in [2.45, 2.75) is 5.41 Å². The first kappa shape index (κ1) is 30.3. The second-order valence-electron chi connectivity index (χ2n) is 14.8. The number of rotatable bonds is 3. The van der Waals surface area contributed by atoms with Crippen LogP contribution in [0.4, 0.5) is 0 Å². The van der Waals surface area contributed by atoms with Gasteiger partial charge in [-0.3, -0.25) is 0 Å². The largest absolute Gasteiger partial charge is 0.228 e. The fourth-order valence-corrected chi connectivity index (χ4v) is 9.77. The van der Waals surface area contributed by atoms with Gasteiger partial charge >= 0.3 is 0 Å². The Labute approximate surface area is 319 Å². The van der Waals surface area contributed by atoms with Crippen LogP contribution < -0.4 is 0 Å². The van der Waals surface area contributed by atoms with Crippen molar-refractivity contribution in [2.75, 3.05) is 0 Å². The Kier molecular flexibility index (Phi) is 6.29. The molecule has 0 N–H and O–H groups in total. The van der Waals surface area contributed by atoms with E-state index in [1.165, 1.54) is 76.8 Å². The van der Waals surface area contributed by atoms with E-state index in [1.807, 2.05) is 12.1 Å². The first-order valence-electron chi connectivity index (χ1n) is 19.0. The Morgan fingerprint density at radius 2 is 0.709 bits per heavy atom. The first-order chi connectivity index (χ1) is 27.3. The molecule has 0 bridgehead atoms. The fourth-order valence-electron chi connectivity index (χ4n) is 9.77. The molecule has 1 aromatic heterocycles. The standard InChI is InChI=1S/C53H32N2/c1-3-15-33(16-4-1)50-32-51(34-17-5-2-6-18-34)55-52(54-50)35-27-28-48-44(29-35)40-23-11-13-25-46(40)53(48)47-26-14-12-24-41(47)45-30-42-38-21-9-7-19-36(38)37-20-8-10-22-39(37)43(42)31-49(45)53/h1-32H. The maximum atomic E-state index is 5.22. The minimum Gasteiger partial charge on any atom is -0.228 e. The van der Waals surface area contributed by atoms with Crippen LogP contribution in [0.25, 0.3) is 88.5 Å². The minimum absolute atomic E-state index is 0.473. The number of nitrogens with zero attached hydrogens (tertiary/aromatic N) is 2. The third-order valence-corrected chi connectivity index (χ3v) is 12.1. The van der Waals surface area contributed by atoms with E-state index in [0.29, 0.717) is 0 Å². The maximum absolute atomic E-state index is 5.22. The van der Waals surface area contributed by atoms with Crippen molar-refractivity contribution >= 4 is 32.3 Å². The predicted molar refractivity (Wildman–Crippen MR) is 227 cm³/mol. The van der Waals surface area contributed by atoms with Crippen LogP contribution in [0.5, 0.6) is 0 Å². The fraction of sp³-hybridized carbons (Fsp3) is 0.0189. The highest BCUT2D eigenvalue weighted by Crippen LogP contribution is 2.63. The SMILES string of the molecule is c1ccc(-c2cc(-c3ccccc3)nc(-c3ccc4c(c3)-c3ccccc3C43c4ccccc4-c4cc5c6ccccc6c6ccccc6c5cc43)n2)cc1. The molecular formula is C53H32N2. The van der Waals surface area contributed by atoms with Crippen molar-refractivity contribution in [1.29, 1.82) is 0 Å². The molecule has 55 heavy (non-hydrogen) atoms. The van der Waals surface area contributed by atoms with Crippen LogP contribution in [-0.2, 0) is 5.41 Å². The molecule has 2 aliphatic carbocycles. The van der Waals surface area contributed by atoms with E-state index in [9.17, 15) is 0 Å². The number of benzene rings is 9. The Balaban J connectivity index is 1.14. The molecular weight excluding hydrogens is 665 g/mol. The summed E-state index contributed by atoms with van der Waals surface area (Å²) in [6.45, 7) is 0. The summed E-state index contributed by atoms with van der Waals surface area (Å²) in [6.07, 6.45) is 0. The van der Waals surface area contributed by atoms with Crippen molar-refractivity contribution in [3.8, 4) is 56.2 Å². The summed E-state index contributed by atoms with van der Waals surface area (Å²) in [5, 5.41) is 7.76. The van der Waals surface area contributed by atoms with Gasteiger partial charge in [0.2, 0.25) is 0 Å². The van der Waals surface area contributed by atoms with Gasteiger partial charge in [-0.2, -0.15) is 0 Å². The zero-order valence-corrected chi connectivity index (χ0v) is 29.9. The quantitative estimate of drug-likeness (QED) is 0.172. The van der Waals surface area contributed by atoms with Crippen molar-refractivity contribution in [1.82, 2.24) is 9.97 Å². The topological polar surface area (TPSA) is 25.8 Å². The highest BCUT2D eigenvalue weighted by atomic mass is 14.9. The molecule has 0 aliphatic heterocycles. The highest BCUT2D eigenvalue weighted by Gasteiger charge is 2.51. The van der Waals surface area contributed by atoms with E-state index in [2.05, 4.69) is 182 Å². The van der Waals surface area contributed by atoms with Crippen LogP contribution in [-0.4, -0.2) is 9.97 Å². The van der Waals surface area contributed by atoms with Crippen molar-refractivity contribution < 1.29 is 0 Å². The molecule has 1 spiro atoms. The molecule has 10 aromatic rings. The second-order valence-corrected chi connectivity index (χ2v) is 14.8. The Morgan fingerprint density at radius 3 is 1.27 bits per heavy atom. The molecule has 0 saturated heterocycles. The monoisotopic (exact) mass is 696 g/mol. The van der Waals surface area contributed by atoms with Crippen LogP contribution in [0.3, 0.4) is 0 Å². The molecule has 2 nitrogen and oxygen atoms in total. The van der Waals surface area contributed by atoms with E-state index in [0.717, 1.165) is 33.9 Å². The Morgan fingerprint density at radius 1 is 0.273 bits per heavy atom. The average Bonchev–Trinajstić information content (AvgIpc) is 3.73. The molecule has 1 unspecified atom stereocenters. The van der Waals surface area contributed by atoms with E-state index in [4.69, 9.17) is 9.97 Å². The molecule has 254 valence electrons. The number of fused-ring (bicyclic) bond motifs is 16. The predicted octanol–water partition coefficient (Wildman–Crippen LogP) is 13.3. The lowest BCUT2D eigenvalue weighted by atomic mass is 9.70. The summed E-state index contributed by atoms with van der Waals surface area (Å²) in [5.74, 6) is 0.720. The lowest BCUT2D eigenvalue weighted by Crippen LogP contribution is -2.25. The van der Waals surface area contributed by atoms with Crippen molar-refractivity contribution in [3.63, 3.8) is 0 Å². The normalized spacial score (nSPS) is 15.0. The van der Waals surface area contributed by atoms with Crippen molar-refractivity contribution in [3.05, 3.63) is 216 Å². The molecule has 0 saturated carbocycles. The summed E-state index contributed by atoms with van der Waals surface area (Å²) in [5.41, 5.74) is 14.9. The molecule has 2 heteroatoms. The zero-order chi connectivity index (χ0) is 36.1. The van der Waals surface area contributed by atoms with Crippen molar-refractivity contribution in [2.24, 2.45) is 0 Å². The van der Waals surface area contributed by atoms with Gasteiger partial charge in [0.05, 0.1) is 16.8 Å². The molecule has 9 aromatic carbocycles. The summed E-state index contributed by atoms with van der Waals surface area (Å²) >= 11 is 0. The molecule has 2 aliphatic rings. The van der Waals surface area contributed by atoms with Crippen LogP contribution in [0.2, 0.25) is 0 Å². The molecule has 0 amide bonds. The Hall–Kier alpha value is -7.16. The molecule has 0 fully saturated rings. The van der Waals surface area contributed by atoms with Crippen LogP contribution in [0.15, 0.2) is 194 Å². The van der Waals surface area contributed by atoms with Gasteiger partial charge in [-0.15, -0.1) is 0 Å². The van der Waals surface area contributed by atoms with E-state index >= 15 is 0 Å². The van der Waals surface area contributed by atoms with Gasteiger partial charge in [-0.25, -0.2) is 9.97 Å². The number of hydrogen-bond acceptors (Lipinski definition) is 2. The van der Waals surface area contributed by atoms with Gasteiger partial charge in [-0.05, 0) is 101 Å². The average molecular weight is 697 g/mol.